The highest BCUT2D eigenvalue weighted by Crippen LogP contribution is 1.91. The summed E-state index contributed by atoms with van der Waals surface area (Å²) in [5.74, 6) is -0.882. The van der Waals surface area contributed by atoms with Gasteiger partial charge in [0.05, 0.1) is 6.42 Å². The molecule has 1 heterocycles. The summed E-state index contributed by atoms with van der Waals surface area (Å²) in [6.45, 7) is 3.06. The summed E-state index contributed by atoms with van der Waals surface area (Å²) in [4.78, 5) is 21.7. The minimum absolute atomic E-state index is 0.0477. The number of amides is 1. The maximum absolute atomic E-state index is 11.5. The molecule has 0 atom stereocenters. The Labute approximate surface area is 106 Å². The van der Waals surface area contributed by atoms with Gasteiger partial charge in [-0.15, -0.1) is 0 Å². The minimum atomic E-state index is -0.834. The highest BCUT2D eigenvalue weighted by atomic mass is 16.4. The van der Waals surface area contributed by atoms with Crippen LogP contribution in [0, 0.1) is 6.92 Å². The SMILES string of the molecule is Cc1cc[n+](CCC(=O)NCCCC(=O)O)cc1. The molecule has 0 radical (unpaired) electrons. The van der Waals surface area contributed by atoms with Gasteiger partial charge in [0.15, 0.2) is 18.9 Å². The van der Waals surface area contributed by atoms with Crippen molar-refractivity contribution >= 4 is 11.9 Å². The monoisotopic (exact) mass is 251 g/mol. The van der Waals surface area contributed by atoms with Crippen molar-refractivity contribution < 1.29 is 19.3 Å². The Morgan fingerprint density at radius 1 is 1.28 bits per heavy atom. The van der Waals surface area contributed by atoms with Crippen LogP contribution in [0.25, 0.3) is 0 Å². The molecule has 18 heavy (non-hydrogen) atoms. The summed E-state index contributed by atoms with van der Waals surface area (Å²) in [5.41, 5.74) is 1.18. The van der Waals surface area contributed by atoms with Gasteiger partial charge in [0.1, 0.15) is 0 Å². The van der Waals surface area contributed by atoms with E-state index < -0.39 is 5.97 Å². The lowest BCUT2D eigenvalue weighted by atomic mass is 10.3. The van der Waals surface area contributed by atoms with Crippen LogP contribution in [0.1, 0.15) is 24.8 Å². The number of carbonyl (C=O) groups excluding carboxylic acids is 1. The Morgan fingerprint density at radius 3 is 2.56 bits per heavy atom. The molecule has 5 heteroatoms. The molecule has 0 spiro atoms. The van der Waals surface area contributed by atoms with Crippen LogP contribution in [0.4, 0.5) is 0 Å². The lowest BCUT2D eigenvalue weighted by Crippen LogP contribution is -2.36. The molecular weight excluding hydrogens is 232 g/mol. The fraction of sp³-hybridized carbons (Fsp3) is 0.462. The molecule has 0 fully saturated rings. The highest BCUT2D eigenvalue weighted by Gasteiger charge is 2.06. The van der Waals surface area contributed by atoms with Gasteiger partial charge in [0.25, 0.3) is 0 Å². The van der Waals surface area contributed by atoms with Crippen molar-refractivity contribution in [3.63, 3.8) is 0 Å². The van der Waals surface area contributed by atoms with Crippen molar-refractivity contribution in [2.75, 3.05) is 6.54 Å². The van der Waals surface area contributed by atoms with Gasteiger partial charge in [-0.25, -0.2) is 4.57 Å². The topological polar surface area (TPSA) is 70.3 Å². The van der Waals surface area contributed by atoms with Crippen LogP contribution in [-0.4, -0.2) is 23.5 Å². The molecule has 1 amide bonds. The first kappa shape index (κ1) is 14.2. The van der Waals surface area contributed by atoms with E-state index in [1.54, 1.807) is 0 Å². The second-order valence-corrected chi connectivity index (χ2v) is 4.21. The third-order valence-electron chi connectivity index (χ3n) is 2.54. The van der Waals surface area contributed by atoms with E-state index in [9.17, 15) is 9.59 Å². The van der Waals surface area contributed by atoms with Crippen LogP contribution >= 0.6 is 0 Å². The van der Waals surface area contributed by atoms with E-state index in [0.717, 1.165) is 0 Å². The lowest BCUT2D eigenvalue weighted by Gasteiger charge is -2.02. The molecule has 0 aliphatic rings. The predicted molar refractivity (Wildman–Crippen MR) is 65.9 cm³/mol. The molecule has 1 aromatic heterocycles. The molecule has 98 valence electrons. The summed E-state index contributed by atoms with van der Waals surface area (Å²) in [7, 11) is 0. The zero-order chi connectivity index (χ0) is 13.4. The van der Waals surface area contributed by atoms with E-state index in [-0.39, 0.29) is 12.3 Å². The average molecular weight is 251 g/mol. The second kappa shape index (κ2) is 7.42. The van der Waals surface area contributed by atoms with E-state index in [2.05, 4.69) is 5.32 Å². The van der Waals surface area contributed by atoms with E-state index >= 15 is 0 Å². The number of hydrogen-bond donors (Lipinski definition) is 2. The molecule has 0 saturated heterocycles. The Kier molecular flexibility index (Phi) is 5.84. The molecule has 0 aliphatic carbocycles. The van der Waals surface area contributed by atoms with Crippen molar-refractivity contribution in [1.29, 1.82) is 0 Å². The molecule has 2 N–H and O–H groups in total. The van der Waals surface area contributed by atoms with Crippen LogP contribution < -0.4 is 9.88 Å². The third kappa shape index (κ3) is 5.98. The van der Waals surface area contributed by atoms with Crippen LogP contribution in [0.5, 0.6) is 0 Å². The fourth-order valence-electron chi connectivity index (χ4n) is 1.47. The number of nitrogens with zero attached hydrogens (tertiary/aromatic N) is 1. The zero-order valence-electron chi connectivity index (χ0n) is 10.6. The molecule has 0 bridgehead atoms. The molecule has 5 nitrogen and oxygen atoms in total. The number of aryl methyl sites for hydroxylation is 2. The van der Waals surface area contributed by atoms with E-state index in [1.165, 1.54) is 5.56 Å². The number of carboxylic acids is 1. The van der Waals surface area contributed by atoms with E-state index in [4.69, 9.17) is 5.11 Å². The maximum Gasteiger partial charge on any atom is 0.303 e. The summed E-state index contributed by atoms with van der Waals surface area (Å²) >= 11 is 0. The summed E-state index contributed by atoms with van der Waals surface area (Å²) in [6, 6.07) is 3.98. The Balaban J connectivity index is 2.17. The molecular formula is C13H19N2O3+. The van der Waals surface area contributed by atoms with Gasteiger partial charge in [-0.05, 0) is 18.9 Å². The lowest BCUT2D eigenvalue weighted by molar-refractivity contribution is -0.695. The van der Waals surface area contributed by atoms with E-state index in [1.807, 2.05) is 36.0 Å². The zero-order valence-corrected chi connectivity index (χ0v) is 10.6. The first-order chi connectivity index (χ1) is 8.58. The highest BCUT2D eigenvalue weighted by molar-refractivity contribution is 5.75. The van der Waals surface area contributed by atoms with Crippen molar-refractivity contribution in [3.05, 3.63) is 30.1 Å². The Morgan fingerprint density at radius 2 is 1.94 bits per heavy atom. The smallest absolute Gasteiger partial charge is 0.303 e. The third-order valence-corrected chi connectivity index (χ3v) is 2.54. The van der Waals surface area contributed by atoms with Gasteiger partial charge in [-0.3, -0.25) is 9.59 Å². The van der Waals surface area contributed by atoms with Crippen LogP contribution in [-0.2, 0) is 16.1 Å². The number of aliphatic carboxylic acids is 1. The van der Waals surface area contributed by atoms with Crippen molar-refractivity contribution in [2.45, 2.75) is 32.7 Å². The van der Waals surface area contributed by atoms with Crippen LogP contribution in [0.15, 0.2) is 24.5 Å². The van der Waals surface area contributed by atoms with Gasteiger partial charge in [0, 0.05) is 25.1 Å². The van der Waals surface area contributed by atoms with Crippen LogP contribution in [0.3, 0.4) is 0 Å². The maximum atomic E-state index is 11.5. The number of aromatic nitrogens is 1. The summed E-state index contributed by atoms with van der Waals surface area (Å²) in [6.07, 6.45) is 4.84. The van der Waals surface area contributed by atoms with Gasteiger partial charge in [-0.1, -0.05) is 0 Å². The van der Waals surface area contributed by atoms with Crippen LogP contribution in [0.2, 0.25) is 0 Å². The quantitative estimate of drug-likeness (QED) is 0.552. The second-order valence-electron chi connectivity index (χ2n) is 4.21. The molecule has 0 aliphatic heterocycles. The average Bonchev–Trinajstić information content (AvgIpc) is 2.34. The van der Waals surface area contributed by atoms with Crippen molar-refractivity contribution in [2.24, 2.45) is 0 Å². The molecule has 1 aromatic rings. The molecule has 0 aromatic carbocycles. The predicted octanol–water partition coefficient (Wildman–Crippen LogP) is 0.654. The fourth-order valence-corrected chi connectivity index (χ4v) is 1.47. The number of hydrogen-bond acceptors (Lipinski definition) is 2. The van der Waals surface area contributed by atoms with Crippen molar-refractivity contribution in [3.8, 4) is 0 Å². The Bertz CT molecular complexity index is 401. The first-order valence-corrected chi connectivity index (χ1v) is 6.02. The summed E-state index contributed by atoms with van der Waals surface area (Å²) < 4.78 is 1.95. The van der Waals surface area contributed by atoms with Gasteiger partial charge in [-0.2, -0.15) is 0 Å². The molecule has 1 rings (SSSR count). The molecule has 0 saturated carbocycles. The first-order valence-electron chi connectivity index (χ1n) is 6.02. The van der Waals surface area contributed by atoms with Crippen molar-refractivity contribution in [1.82, 2.24) is 5.32 Å². The largest absolute Gasteiger partial charge is 0.481 e. The van der Waals surface area contributed by atoms with Gasteiger partial charge in [0.2, 0.25) is 5.91 Å². The standard InChI is InChI=1S/C13H18N2O3/c1-11-4-8-15(9-5-11)10-6-12(16)14-7-2-3-13(17)18/h4-5,8-9H,2-3,6-7,10H2,1H3,(H-,14,16,17,18)/p+1. The normalized spacial score (nSPS) is 10.1. The minimum Gasteiger partial charge on any atom is -0.481 e. The molecule has 0 unspecified atom stereocenters. The van der Waals surface area contributed by atoms with Gasteiger partial charge >= 0.3 is 5.97 Å². The number of carbonyl (C=O) groups is 2. The van der Waals surface area contributed by atoms with Gasteiger partial charge < -0.3 is 10.4 Å². The van der Waals surface area contributed by atoms with E-state index in [0.29, 0.717) is 25.9 Å². The number of pyridine rings is 1. The number of carboxylic acid groups (broad SMARTS) is 1. The number of rotatable bonds is 7. The summed E-state index contributed by atoms with van der Waals surface area (Å²) in [5, 5.41) is 11.1. The Hall–Kier alpha value is -1.91. The number of nitrogens with one attached hydrogen (secondary N) is 1.